The Labute approximate surface area is 110 Å². The molecule has 0 saturated carbocycles. The second kappa shape index (κ2) is 5.11. The molecule has 18 heavy (non-hydrogen) atoms. The molecule has 2 rings (SSSR count). The normalized spacial score (nSPS) is 15.0. The van der Waals surface area contributed by atoms with Crippen LogP contribution in [0.15, 0.2) is 36.4 Å². The lowest BCUT2D eigenvalue weighted by atomic mass is 9.84. The Kier molecular flexibility index (Phi) is 3.72. The SMILES string of the molecule is Cc1ccc(C(N)C(C)C(C)C)c2ccccc12. The zero-order chi connectivity index (χ0) is 13.3. The molecule has 2 aromatic carbocycles. The Bertz CT molecular complexity index is 542. The van der Waals surface area contributed by atoms with Gasteiger partial charge in [-0.2, -0.15) is 0 Å². The summed E-state index contributed by atoms with van der Waals surface area (Å²) in [5.74, 6) is 1.08. The molecule has 0 radical (unpaired) electrons. The van der Waals surface area contributed by atoms with Crippen molar-refractivity contribution < 1.29 is 0 Å². The maximum atomic E-state index is 6.46. The molecule has 96 valence electrons. The molecule has 0 amide bonds. The van der Waals surface area contributed by atoms with Crippen molar-refractivity contribution >= 4 is 10.8 Å². The molecule has 0 aliphatic heterocycles. The van der Waals surface area contributed by atoms with Gasteiger partial charge in [-0.25, -0.2) is 0 Å². The highest BCUT2D eigenvalue weighted by atomic mass is 14.7. The molecule has 0 aromatic heterocycles. The number of hydrogen-bond donors (Lipinski definition) is 1. The van der Waals surface area contributed by atoms with Crippen LogP contribution >= 0.6 is 0 Å². The summed E-state index contributed by atoms with van der Waals surface area (Å²) in [6.07, 6.45) is 0. The molecule has 2 unspecified atom stereocenters. The first-order valence-electron chi connectivity index (χ1n) is 6.76. The van der Waals surface area contributed by atoms with E-state index in [1.807, 2.05) is 0 Å². The maximum absolute atomic E-state index is 6.46. The van der Waals surface area contributed by atoms with Gasteiger partial charge in [0.1, 0.15) is 0 Å². The van der Waals surface area contributed by atoms with Crippen molar-refractivity contribution in [2.75, 3.05) is 0 Å². The predicted octanol–water partition coefficient (Wildman–Crippen LogP) is 4.44. The highest BCUT2D eigenvalue weighted by Crippen LogP contribution is 2.31. The van der Waals surface area contributed by atoms with Gasteiger partial charge in [-0.05, 0) is 40.7 Å². The van der Waals surface area contributed by atoms with Gasteiger partial charge in [0.2, 0.25) is 0 Å². The quantitative estimate of drug-likeness (QED) is 0.844. The summed E-state index contributed by atoms with van der Waals surface area (Å²) in [6, 6.07) is 13.0. The van der Waals surface area contributed by atoms with Gasteiger partial charge >= 0.3 is 0 Å². The summed E-state index contributed by atoms with van der Waals surface area (Å²) in [6.45, 7) is 8.87. The molecule has 1 nitrogen and oxygen atoms in total. The van der Waals surface area contributed by atoms with Gasteiger partial charge in [-0.1, -0.05) is 57.2 Å². The predicted molar refractivity (Wildman–Crippen MR) is 79.6 cm³/mol. The minimum atomic E-state index is 0.107. The van der Waals surface area contributed by atoms with Crippen LogP contribution in [0, 0.1) is 18.8 Å². The van der Waals surface area contributed by atoms with E-state index in [9.17, 15) is 0 Å². The van der Waals surface area contributed by atoms with Crippen LogP contribution in [0.5, 0.6) is 0 Å². The first-order valence-corrected chi connectivity index (χ1v) is 6.76. The molecule has 1 heteroatoms. The van der Waals surface area contributed by atoms with E-state index in [0.717, 1.165) is 0 Å². The minimum Gasteiger partial charge on any atom is -0.324 e. The second-order valence-corrected chi connectivity index (χ2v) is 5.65. The van der Waals surface area contributed by atoms with Gasteiger partial charge in [-0.3, -0.25) is 0 Å². The van der Waals surface area contributed by atoms with Crippen LogP contribution in [0.2, 0.25) is 0 Å². The third-order valence-corrected chi connectivity index (χ3v) is 4.15. The van der Waals surface area contributed by atoms with Gasteiger partial charge in [0.25, 0.3) is 0 Å². The fraction of sp³-hybridized carbons (Fsp3) is 0.412. The van der Waals surface area contributed by atoms with Crippen molar-refractivity contribution in [2.45, 2.75) is 33.7 Å². The Balaban J connectivity index is 2.55. The Morgan fingerprint density at radius 1 is 0.889 bits per heavy atom. The topological polar surface area (TPSA) is 26.0 Å². The van der Waals surface area contributed by atoms with Crippen molar-refractivity contribution in [3.63, 3.8) is 0 Å². The van der Waals surface area contributed by atoms with Crippen molar-refractivity contribution in [1.29, 1.82) is 0 Å². The number of benzene rings is 2. The van der Waals surface area contributed by atoms with E-state index in [0.29, 0.717) is 11.8 Å². The largest absolute Gasteiger partial charge is 0.324 e. The van der Waals surface area contributed by atoms with E-state index < -0.39 is 0 Å². The van der Waals surface area contributed by atoms with E-state index in [2.05, 4.69) is 64.1 Å². The molecule has 2 atom stereocenters. The lowest BCUT2D eigenvalue weighted by Gasteiger charge is -2.25. The summed E-state index contributed by atoms with van der Waals surface area (Å²) in [7, 11) is 0. The first-order chi connectivity index (χ1) is 8.52. The van der Waals surface area contributed by atoms with Crippen LogP contribution in [0.1, 0.15) is 37.9 Å². The van der Waals surface area contributed by atoms with E-state index in [1.165, 1.54) is 21.9 Å². The standard InChI is InChI=1S/C17H23N/c1-11(2)13(4)17(18)16-10-9-12(3)14-7-5-6-8-15(14)16/h5-11,13,17H,18H2,1-4H3. The third kappa shape index (κ3) is 2.28. The third-order valence-electron chi connectivity index (χ3n) is 4.15. The molecule has 2 aromatic rings. The van der Waals surface area contributed by atoms with Crippen molar-refractivity contribution in [1.82, 2.24) is 0 Å². The maximum Gasteiger partial charge on any atom is 0.0329 e. The van der Waals surface area contributed by atoms with Crippen molar-refractivity contribution in [3.05, 3.63) is 47.5 Å². The lowest BCUT2D eigenvalue weighted by Crippen LogP contribution is -2.23. The number of hydrogen-bond acceptors (Lipinski definition) is 1. The number of rotatable bonds is 3. The van der Waals surface area contributed by atoms with E-state index in [-0.39, 0.29) is 6.04 Å². The molecular weight excluding hydrogens is 218 g/mol. The molecule has 0 aliphatic carbocycles. The second-order valence-electron chi connectivity index (χ2n) is 5.65. The van der Waals surface area contributed by atoms with Crippen LogP contribution in [0.4, 0.5) is 0 Å². The van der Waals surface area contributed by atoms with Gasteiger partial charge in [0.05, 0.1) is 0 Å². The summed E-state index contributed by atoms with van der Waals surface area (Å²) < 4.78 is 0. The first kappa shape index (κ1) is 13.1. The summed E-state index contributed by atoms with van der Waals surface area (Å²) in [4.78, 5) is 0. The lowest BCUT2D eigenvalue weighted by molar-refractivity contribution is 0.353. The highest BCUT2D eigenvalue weighted by Gasteiger charge is 2.19. The summed E-state index contributed by atoms with van der Waals surface area (Å²) in [5, 5.41) is 2.62. The Morgan fingerprint density at radius 3 is 2.11 bits per heavy atom. The van der Waals surface area contributed by atoms with Crippen LogP contribution in [-0.4, -0.2) is 0 Å². The van der Waals surface area contributed by atoms with Gasteiger partial charge in [-0.15, -0.1) is 0 Å². The Hall–Kier alpha value is -1.34. The summed E-state index contributed by atoms with van der Waals surface area (Å²) in [5.41, 5.74) is 9.05. The van der Waals surface area contributed by atoms with E-state index in [4.69, 9.17) is 5.73 Å². The molecule has 0 saturated heterocycles. The average molecular weight is 241 g/mol. The molecular formula is C17H23N. The molecule has 0 aliphatic rings. The monoisotopic (exact) mass is 241 g/mol. The van der Waals surface area contributed by atoms with Crippen LogP contribution in [0.25, 0.3) is 10.8 Å². The number of aryl methyl sites for hydroxylation is 1. The van der Waals surface area contributed by atoms with Crippen LogP contribution in [0.3, 0.4) is 0 Å². The van der Waals surface area contributed by atoms with Crippen LogP contribution in [-0.2, 0) is 0 Å². The zero-order valence-corrected chi connectivity index (χ0v) is 11.8. The van der Waals surface area contributed by atoms with E-state index >= 15 is 0 Å². The molecule has 0 bridgehead atoms. The molecule has 0 spiro atoms. The highest BCUT2D eigenvalue weighted by molar-refractivity contribution is 5.88. The minimum absolute atomic E-state index is 0.107. The van der Waals surface area contributed by atoms with Gasteiger partial charge in [0, 0.05) is 6.04 Å². The molecule has 2 N–H and O–H groups in total. The number of fused-ring (bicyclic) bond motifs is 1. The fourth-order valence-electron chi connectivity index (χ4n) is 2.46. The zero-order valence-electron chi connectivity index (χ0n) is 11.8. The van der Waals surface area contributed by atoms with Gasteiger partial charge < -0.3 is 5.73 Å². The molecule has 0 fully saturated rings. The Morgan fingerprint density at radius 2 is 1.50 bits per heavy atom. The van der Waals surface area contributed by atoms with Crippen molar-refractivity contribution in [3.8, 4) is 0 Å². The number of nitrogens with two attached hydrogens (primary N) is 1. The van der Waals surface area contributed by atoms with E-state index in [1.54, 1.807) is 0 Å². The van der Waals surface area contributed by atoms with Crippen molar-refractivity contribution in [2.24, 2.45) is 17.6 Å². The average Bonchev–Trinajstić information content (AvgIpc) is 2.38. The fourth-order valence-corrected chi connectivity index (χ4v) is 2.46. The smallest absolute Gasteiger partial charge is 0.0329 e. The molecule has 0 heterocycles. The van der Waals surface area contributed by atoms with Crippen LogP contribution < -0.4 is 5.73 Å². The summed E-state index contributed by atoms with van der Waals surface area (Å²) >= 11 is 0. The van der Waals surface area contributed by atoms with Gasteiger partial charge in [0.15, 0.2) is 0 Å².